The molecule has 15 heteroatoms. The molecule has 0 saturated carbocycles. The smallest absolute Gasteiger partial charge is 0.419 e. The van der Waals surface area contributed by atoms with E-state index in [0.29, 0.717) is 28.1 Å². The van der Waals surface area contributed by atoms with Crippen molar-refractivity contribution >= 4 is 65.7 Å². The van der Waals surface area contributed by atoms with Crippen LogP contribution in [0, 0.1) is 13.8 Å². The summed E-state index contributed by atoms with van der Waals surface area (Å²) in [4.78, 5) is 53.7. The lowest BCUT2D eigenvalue weighted by Gasteiger charge is -2.17. The van der Waals surface area contributed by atoms with E-state index in [2.05, 4.69) is 25.5 Å². The molecule has 0 fully saturated rings. The molecule has 3 amide bonds. The lowest BCUT2D eigenvalue weighted by Crippen LogP contribution is -2.35. The zero-order valence-corrected chi connectivity index (χ0v) is 22.9. The Morgan fingerprint density at radius 3 is 2.47 bits per heavy atom. The number of ether oxygens (including phenoxy) is 2. The number of amides is 3. The number of hydrogen-bond acceptors (Lipinski definition) is 10. The Balaban J connectivity index is 0.00000361. The molecule has 2 aromatic heterocycles. The highest BCUT2D eigenvalue weighted by Gasteiger charge is 2.22. The minimum absolute atomic E-state index is 0. The first-order valence-corrected chi connectivity index (χ1v) is 10.8. The summed E-state index contributed by atoms with van der Waals surface area (Å²) in [7, 11) is 2.78. The highest BCUT2D eigenvalue weighted by molar-refractivity contribution is 6.03. The van der Waals surface area contributed by atoms with Crippen LogP contribution in [-0.4, -0.2) is 70.3 Å². The highest BCUT2D eigenvalue weighted by atomic mass is 35.5. The number of nitrogens with two attached hydrogens (primary N) is 1. The number of anilines is 2. The van der Waals surface area contributed by atoms with Crippen molar-refractivity contribution in [2.75, 3.05) is 26.2 Å². The Morgan fingerprint density at radius 2 is 1.84 bits per heavy atom. The van der Waals surface area contributed by atoms with Gasteiger partial charge in [0.05, 0.1) is 5.56 Å². The largest absolute Gasteiger partial charge is 0.427 e. The van der Waals surface area contributed by atoms with Crippen molar-refractivity contribution in [3.05, 3.63) is 53.0 Å². The van der Waals surface area contributed by atoms with Crippen molar-refractivity contribution < 1.29 is 28.7 Å². The predicted molar refractivity (Wildman–Crippen MR) is 143 cm³/mol. The third-order valence-electron chi connectivity index (χ3n) is 5.37. The van der Waals surface area contributed by atoms with Crippen molar-refractivity contribution in [2.45, 2.75) is 26.8 Å². The van der Waals surface area contributed by atoms with Gasteiger partial charge in [-0.3, -0.25) is 14.4 Å². The maximum absolute atomic E-state index is 12.9. The number of imide groups is 1. The summed E-state index contributed by atoms with van der Waals surface area (Å²) in [5.41, 5.74) is 8.63. The summed E-state index contributed by atoms with van der Waals surface area (Å²) >= 11 is 0. The monoisotopic (exact) mass is 569 g/mol. The molecule has 0 unspecified atom stereocenters. The lowest BCUT2D eigenvalue weighted by atomic mass is 10.1. The molecular formula is C23H29Cl2N7O6. The standard InChI is InChI=1S/C23H27N7O6.2ClH/c1-12-6-7-15(21(32)29(5)23(34)36-11-35-22(33)14(3)24)8-17(12)28-19-18-13(2)16(20(31)25-4)9-30(18)27-10-26-19;;/h6-10,14H,11,24H2,1-5H3,(H,25,31)(H,26,27,28);2*1H/t14-;;/m0../s1. The number of aryl methyl sites for hydroxylation is 2. The van der Waals surface area contributed by atoms with E-state index < -0.39 is 30.8 Å². The normalized spacial score (nSPS) is 10.9. The molecular weight excluding hydrogens is 541 g/mol. The number of carbonyl (C=O) groups excluding carboxylic acids is 4. The average molecular weight is 570 g/mol. The first-order valence-electron chi connectivity index (χ1n) is 10.8. The van der Waals surface area contributed by atoms with Gasteiger partial charge in [0.2, 0.25) is 6.79 Å². The van der Waals surface area contributed by atoms with Crippen LogP contribution in [0.5, 0.6) is 0 Å². The molecule has 0 radical (unpaired) electrons. The minimum Gasteiger partial charge on any atom is -0.427 e. The molecule has 3 rings (SSSR count). The van der Waals surface area contributed by atoms with E-state index in [0.717, 1.165) is 10.5 Å². The molecule has 0 aliphatic heterocycles. The fourth-order valence-electron chi connectivity index (χ4n) is 3.28. The second kappa shape index (κ2) is 13.6. The molecule has 2 heterocycles. The first-order chi connectivity index (χ1) is 17.0. The Hall–Kier alpha value is -3.94. The molecule has 0 aliphatic rings. The van der Waals surface area contributed by atoms with Gasteiger partial charge in [-0.1, -0.05) is 6.07 Å². The van der Waals surface area contributed by atoms with Crippen LogP contribution in [0.3, 0.4) is 0 Å². The van der Waals surface area contributed by atoms with Gasteiger partial charge < -0.3 is 25.8 Å². The van der Waals surface area contributed by atoms with Gasteiger partial charge >= 0.3 is 12.1 Å². The summed E-state index contributed by atoms with van der Waals surface area (Å²) < 4.78 is 11.0. The van der Waals surface area contributed by atoms with Gasteiger partial charge in [-0.05, 0) is 44.0 Å². The van der Waals surface area contributed by atoms with Crippen LogP contribution in [0.25, 0.3) is 5.52 Å². The number of aromatic nitrogens is 3. The molecule has 1 aromatic carbocycles. The summed E-state index contributed by atoms with van der Waals surface area (Å²) in [6.07, 6.45) is 1.94. The molecule has 1 atom stereocenters. The Morgan fingerprint density at radius 1 is 1.16 bits per heavy atom. The van der Waals surface area contributed by atoms with Crippen molar-refractivity contribution in [1.29, 1.82) is 0 Å². The second-order valence-electron chi connectivity index (χ2n) is 7.95. The number of nitrogens with one attached hydrogen (secondary N) is 2. The van der Waals surface area contributed by atoms with E-state index in [4.69, 9.17) is 10.5 Å². The quantitative estimate of drug-likeness (QED) is 0.283. The maximum Gasteiger partial charge on any atom is 0.419 e. The third-order valence-corrected chi connectivity index (χ3v) is 5.37. The summed E-state index contributed by atoms with van der Waals surface area (Å²) in [5, 5.41) is 9.95. The molecule has 0 spiro atoms. The Labute approximate surface area is 230 Å². The second-order valence-corrected chi connectivity index (χ2v) is 7.95. The number of nitrogens with zero attached hydrogens (tertiary/aromatic N) is 4. The van der Waals surface area contributed by atoms with E-state index >= 15 is 0 Å². The Kier molecular flexibility index (Phi) is 11.5. The zero-order chi connectivity index (χ0) is 26.6. The number of hydrogen-bond donors (Lipinski definition) is 3. The molecule has 38 heavy (non-hydrogen) atoms. The van der Waals surface area contributed by atoms with Crippen molar-refractivity contribution in [3.63, 3.8) is 0 Å². The van der Waals surface area contributed by atoms with Gasteiger partial charge in [0.15, 0.2) is 5.82 Å². The van der Waals surface area contributed by atoms with Gasteiger partial charge in [-0.15, -0.1) is 24.8 Å². The van der Waals surface area contributed by atoms with Gasteiger partial charge in [-0.25, -0.2) is 19.2 Å². The average Bonchev–Trinajstić information content (AvgIpc) is 3.20. The van der Waals surface area contributed by atoms with E-state index in [1.54, 1.807) is 42.9 Å². The van der Waals surface area contributed by atoms with Gasteiger partial charge in [-0.2, -0.15) is 5.10 Å². The minimum atomic E-state index is -1.00. The number of fused-ring (bicyclic) bond motifs is 1. The fraction of sp³-hybridized carbons (Fsp3) is 0.304. The first kappa shape index (κ1) is 32.1. The lowest BCUT2D eigenvalue weighted by molar-refractivity contribution is -0.153. The fourth-order valence-corrected chi connectivity index (χ4v) is 3.28. The van der Waals surface area contributed by atoms with E-state index in [1.165, 1.54) is 20.3 Å². The Bertz CT molecular complexity index is 1350. The molecule has 0 saturated heterocycles. The van der Waals surface area contributed by atoms with Gasteiger partial charge in [0.1, 0.15) is 17.9 Å². The maximum atomic E-state index is 12.9. The predicted octanol–water partition coefficient (Wildman–Crippen LogP) is 2.35. The van der Waals surface area contributed by atoms with Crippen LogP contribution in [0.4, 0.5) is 16.3 Å². The summed E-state index contributed by atoms with van der Waals surface area (Å²) in [5.74, 6) is -1.22. The van der Waals surface area contributed by atoms with Crippen LogP contribution < -0.4 is 16.4 Å². The number of halogens is 2. The summed E-state index contributed by atoms with van der Waals surface area (Å²) in [6.45, 7) is 4.37. The number of carbonyl (C=O) groups is 4. The third kappa shape index (κ3) is 6.88. The van der Waals surface area contributed by atoms with E-state index in [9.17, 15) is 19.2 Å². The molecule has 0 bridgehead atoms. The van der Waals surface area contributed by atoms with Crippen LogP contribution in [0.15, 0.2) is 30.7 Å². The molecule has 13 nitrogen and oxygen atoms in total. The van der Waals surface area contributed by atoms with E-state index in [1.807, 2.05) is 6.92 Å². The van der Waals surface area contributed by atoms with Gasteiger partial charge in [0, 0.05) is 31.5 Å². The topological polar surface area (TPSA) is 170 Å². The van der Waals surface area contributed by atoms with Gasteiger partial charge in [0.25, 0.3) is 11.8 Å². The zero-order valence-electron chi connectivity index (χ0n) is 21.3. The van der Waals surface area contributed by atoms with Crippen LogP contribution in [-0.2, 0) is 14.3 Å². The molecule has 0 aliphatic carbocycles. The molecule has 206 valence electrons. The number of esters is 1. The van der Waals surface area contributed by atoms with Crippen molar-refractivity contribution in [3.8, 4) is 0 Å². The van der Waals surface area contributed by atoms with Crippen LogP contribution in [0.1, 0.15) is 38.8 Å². The van der Waals surface area contributed by atoms with Crippen molar-refractivity contribution in [1.82, 2.24) is 24.8 Å². The van der Waals surface area contributed by atoms with E-state index in [-0.39, 0.29) is 36.3 Å². The SMILES string of the molecule is CNC(=O)c1cn2ncnc(Nc3cc(C(=O)N(C)C(=O)OCOC(=O)[C@H](C)N)ccc3C)c2c1C.Cl.Cl. The highest BCUT2D eigenvalue weighted by Crippen LogP contribution is 2.27. The van der Waals surface area contributed by atoms with Crippen LogP contribution in [0.2, 0.25) is 0 Å². The van der Waals surface area contributed by atoms with Crippen molar-refractivity contribution in [2.24, 2.45) is 5.73 Å². The summed E-state index contributed by atoms with van der Waals surface area (Å²) in [6, 6.07) is 3.96. The van der Waals surface area contributed by atoms with Crippen LogP contribution >= 0.6 is 24.8 Å². The number of rotatable bonds is 7. The molecule has 3 aromatic rings. The number of benzene rings is 1. The molecule has 4 N–H and O–H groups in total.